The Balaban J connectivity index is 0.00000243. The second-order valence-corrected chi connectivity index (χ2v) is 7.94. The van der Waals surface area contributed by atoms with E-state index in [9.17, 15) is 0 Å². The maximum absolute atomic E-state index is 6.21. The summed E-state index contributed by atoms with van der Waals surface area (Å²) in [6.07, 6.45) is 4.37. The predicted octanol–water partition coefficient (Wildman–Crippen LogP) is 1.22. The molecule has 0 spiro atoms. The standard InChI is InChI=1S/C17H31N7S.HI/c1-21(2)15-3-7-22(8-4-15)9-5-19-16(18)23-10-12-24(13-11-23)17-20-6-14-25-17;/h6,14-15H,3-5,7-13H2,1-2H3,(H2,18,19);1H. The van der Waals surface area contributed by atoms with Crippen LogP contribution in [0.2, 0.25) is 0 Å². The van der Waals surface area contributed by atoms with Crippen LogP contribution in [0.25, 0.3) is 0 Å². The summed E-state index contributed by atoms with van der Waals surface area (Å²) in [4.78, 5) is 18.4. The number of halogens is 1. The molecule has 1 aromatic rings. The molecule has 2 aliphatic rings. The Morgan fingerprint density at radius 3 is 2.50 bits per heavy atom. The first-order chi connectivity index (χ1) is 12.1. The first kappa shape index (κ1) is 21.6. The third kappa shape index (κ3) is 5.93. The molecular formula is C17H32IN7S. The molecule has 2 N–H and O–H groups in total. The van der Waals surface area contributed by atoms with Gasteiger partial charge in [0.25, 0.3) is 0 Å². The van der Waals surface area contributed by atoms with Crippen LogP contribution in [-0.4, -0.2) is 98.1 Å². The molecule has 0 saturated carbocycles. The van der Waals surface area contributed by atoms with Crippen LogP contribution < -0.4 is 10.6 Å². The third-order valence-corrected chi connectivity index (χ3v) is 6.10. The molecule has 0 atom stereocenters. The molecule has 3 rings (SSSR count). The van der Waals surface area contributed by atoms with Gasteiger partial charge >= 0.3 is 0 Å². The SMILES string of the molecule is CN(C)C1CCN(CCN=C(N)N2CCN(c3nccs3)CC2)CC1.I. The molecule has 0 amide bonds. The van der Waals surface area contributed by atoms with Crippen molar-refractivity contribution < 1.29 is 0 Å². The van der Waals surface area contributed by atoms with Gasteiger partial charge in [-0.25, -0.2) is 4.98 Å². The monoisotopic (exact) mass is 493 g/mol. The van der Waals surface area contributed by atoms with Crippen LogP contribution in [0.4, 0.5) is 5.13 Å². The van der Waals surface area contributed by atoms with Crippen molar-refractivity contribution in [3.8, 4) is 0 Å². The smallest absolute Gasteiger partial charge is 0.191 e. The zero-order valence-corrected chi connectivity index (χ0v) is 19.0. The molecule has 0 radical (unpaired) electrons. The summed E-state index contributed by atoms with van der Waals surface area (Å²) in [6, 6.07) is 0.735. The largest absolute Gasteiger partial charge is 0.370 e. The number of likely N-dealkylation sites (tertiary alicyclic amines) is 1. The first-order valence-electron chi connectivity index (χ1n) is 9.21. The number of thiazole rings is 1. The minimum Gasteiger partial charge on any atom is -0.370 e. The number of piperidine rings is 1. The number of rotatable bonds is 5. The fourth-order valence-electron chi connectivity index (χ4n) is 3.56. The van der Waals surface area contributed by atoms with Gasteiger partial charge in [0.05, 0.1) is 6.54 Å². The number of piperazine rings is 1. The quantitative estimate of drug-likeness (QED) is 0.378. The molecule has 2 saturated heterocycles. The Labute approximate surface area is 178 Å². The normalized spacial score (nSPS) is 20.5. The molecule has 0 aromatic carbocycles. The van der Waals surface area contributed by atoms with Gasteiger partial charge in [0.1, 0.15) is 0 Å². The lowest BCUT2D eigenvalue weighted by molar-refractivity contribution is 0.148. The van der Waals surface area contributed by atoms with Crippen molar-refractivity contribution in [2.75, 3.05) is 71.4 Å². The van der Waals surface area contributed by atoms with Gasteiger partial charge in [-0.1, -0.05) is 0 Å². The van der Waals surface area contributed by atoms with Gasteiger partial charge in [-0.05, 0) is 40.0 Å². The van der Waals surface area contributed by atoms with Crippen molar-refractivity contribution in [3.63, 3.8) is 0 Å². The Bertz CT molecular complexity index is 535. The van der Waals surface area contributed by atoms with Crippen molar-refractivity contribution in [1.29, 1.82) is 0 Å². The zero-order valence-electron chi connectivity index (χ0n) is 15.9. The van der Waals surface area contributed by atoms with Gasteiger partial charge < -0.3 is 25.3 Å². The minimum atomic E-state index is 0. The second-order valence-electron chi connectivity index (χ2n) is 7.07. The van der Waals surface area contributed by atoms with Gasteiger partial charge in [-0.2, -0.15) is 0 Å². The number of aromatic nitrogens is 1. The summed E-state index contributed by atoms with van der Waals surface area (Å²) in [5.41, 5.74) is 6.21. The van der Waals surface area contributed by atoms with Gasteiger partial charge in [0, 0.05) is 50.3 Å². The number of nitrogens with zero attached hydrogens (tertiary/aromatic N) is 6. The van der Waals surface area contributed by atoms with Crippen molar-refractivity contribution >= 4 is 46.4 Å². The number of guanidine groups is 1. The lowest BCUT2D eigenvalue weighted by Crippen LogP contribution is -2.51. The summed E-state index contributed by atoms with van der Waals surface area (Å²) in [7, 11) is 4.36. The summed E-state index contributed by atoms with van der Waals surface area (Å²) >= 11 is 1.70. The highest BCUT2D eigenvalue weighted by molar-refractivity contribution is 14.0. The summed E-state index contributed by atoms with van der Waals surface area (Å²) in [6.45, 7) is 7.91. The molecule has 0 bridgehead atoms. The average molecular weight is 493 g/mol. The second kappa shape index (κ2) is 10.6. The van der Waals surface area contributed by atoms with Gasteiger partial charge in [0.15, 0.2) is 11.1 Å². The molecular weight excluding hydrogens is 461 g/mol. The van der Waals surface area contributed by atoms with Gasteiger partial charge in [0.2, 0.25) is 0 Å². The van der Waals surface area contributed by atoms with Gasteiger partial charge in [-0.15, -0.1) is 35.3 Å². The highest BCUT2D eigenvalue weighted by atomic mass is 127. The van der Waals surface area contributed by atoms with E-state index in [4.69, 9.17) is 5.73 Å². The molecule has 26 heavy (non-hydrogen) atoms. The fourth-order valence-corrected chi connectivity index (χ4v) is 4.26. The maximum atomic E-state index is 6.21. The van der Waals surface area contributed by atoms with Crippen molar-refractivity contribution in [3.05, 3.63) is 11.6 Å². The number of aliphatic imine (C=N–C) groups is 1. The van der Waals surface area contributed by atoms with Crippen LogP contribution in [0.5, 0.6) is 0 Å². The number of hydrogen-bond acceptors (Lipinski definition) is 6. The van der Waals surface area contributed by atoms with E-state index in [0.717, 1.165) is 50.4 Å². The summed E-state index contributed by atoms with van der Waals surface area (Å²) in [5, 5.41) is 3.13. The fraction of sp³-hybridized carbons (Fsp3) is 0.765. The topological polar surface area (TPSA) is 64.2 Å². The minimum absolute atomic E-state index is 0. The van der Waals surface area contributed by atoms with Crippen LogP contribution >= 0.6 is 35.3 Å². The van der Waals surface area contributed by atoms with E-state index in [1.54, 1.807) is 11.3 Å². The maximum Gasteiger partial charge on any atom is 0.191 e. The summed E-state index contributed by atoms with van der Waals surface area (Å²) < 4.78 is 0. The number of hydrogen-bond donors (Lipinski definition) is 1. The van der Waals surface area contributed by atoms with E-state index in [1.165, 1.54) is 25.9 Å². The van der Waals surface area contributed by atoms with Gasteiger partial charge in [-0.3, -0.25) is 4.99 Å². The van der Waals surface area contributed by atoms with E-state index >= 15 is 0 Å². The van der Waals surface area contributed by atoms with E-state index < -0.39 is 0 Å². The highest BCUT2D eigenvalue weighted by Gasteiger charge is 2.21. The molecule has 3 heterocycles. The molecule has 2 aliphatic heterocycles. The lowest BCUT2D eigenvalue weighted by Gasteiger charge is -2.36. The number of anilines is 1. The molecule has 0 unspecified atom stereocenters. The highest BCUT2D eigenvalue weighted by Crippen LogP contribution is 2.18. The van der Waals surface area contributed by atoms with Crippen LogP contribution in [0.1, 0.15) is 12.8 Å². The average Bonchev–Trinajstić information content (AvgIpc) is 3.17. The third-order valence-electron chi connectivity index (χ3n) is 5.27. The van der Waals surface area contributed by atoms with E-state index in [0.29, 0.717) is 5.96 Å². The van der Waals surface area contributed by atoms with Crippen LogP contribution in [0.15, 0.2) is 16.6 Å². The lowest BCUT2D eigenvalue weighted by atomic mass is 10.0. The van der Waals surface area contributed by atoms with Crippen LogP contribution in [0.3, 0.4) is 0 Å². The number of nitrogens with two attached hydrogens (primary N) is 1. The Hall–Kier alpha value is -0.650. The first-order valence-corrected chi connectivity index (χ1v) is 10.1. The van der Waals surface area contributed by atoms with E-state index in [2.05, 4.69) is 43.7 Å². The van der Waals surface area contributed by atoms with Crippen LogP contribution in [0, 0.1) is 0 Å². The molecule has 9 heteroatoms. The zero-order chi connectivity index (χ0) is 17.6. The van der Waals surface area contributed by atoms with Crippen molar-refractivity contribution in [2.45, 2.75) is 18.9 Å². The molecule has 1 aromatic heterocycles. The van der Waals surface area contributed by atoms with E-state index in [1.807, 2.05) is 11.6 Å². The molecule has 148 valence electrons. The molecule has 2 fully saturated rings. The molecule has 0 aliphatic carbocycles. The Morgan fingerprint density at radius 1 is 1.23 bits per heavy atom. The van der Waals surface area contributed by atoms with Crippen molar-refractivity contribution in [2.24, 2.45) is 10.7 Å². The Kier molecular flexibility index (Phi) is 8.85. The molecule has 7 nitrogen and oxygen atoms in total. The summed E-state index contributed by atoms with van der Waals surface area (Å²) in [5.74, 6) is 0.696. The predicted molar refractivity (Wildman–Crippen MR) is 121 cm³/mol. The Morgan fingerprint density at radius 2 is 1.92 bits per heavy atom. The van der Waals surface area contributed by atoms with E-state index in [-0.39, 0.29) is 24.0 Å². The van der Waals surface area contributed by atoms with Crippen LogP contribution in [-0.2, 0) is 0 Å². The van der Waals surface area contributed by atoms with Crippen molar-refractivity contribution in [1.82, 2.24) is 19.7 Å².